The van der Waals surface area contributed by atoms with Gasteiger partial charge >= 0.3 is 0 Å². The van der Waals surface area contributed by atoms with Gasteiger partial charge in [0.1, 0.15) is 12.1 Å². The Hall–Kier alpha value is -2.37. The average Bonchev–Trinajstić information content (AvgIpc) is 2.37. The third kappa shape index (κ3) is 3.54. The van der Waals surface area contributed by atoms with Crippen LogP contribution in [0.3, 0.4) is 0 Å². The van der Waals surface area contributed by atoms with E-state index in [1.165, 1.54) is 6.33 Å². The van der Waals surface area contributed by atoms with Crippen LogP contribution in [0.25, 0.3) is 10.9 Å². The van der Waals surface area contributed by atoms with Crippen molar-refractivity contribution in [2.75, 3.05) is 17.6 Å². The predicted molar refractivity (Wildman–Crippen MR) is 75.5 cm³/mol. The molecule has 1 aromatic carbocycles. The predicted octanol–water partition coefficient (Wildman–Crippen LogP) is 1.28. The number of benzene rings is 1. The number of carbonyl (C=O) groups is 1. The SMILES string of the molecule is NC(=O)CCCCNc1ncnc2cc(N)ccc12. The van der Waals surface area contributed by atoms with Gasteiger partial charge in [0, 0.05) is 24.0 Å². The number of nitrogens with zero attached hydrogens (tertiary/aromatic N) is 2. The number of carbonyl (C=O) groups excluding carboxylic acids is 1. The Kier molecular flexibility index (Phi) is 4.12. The average molecular weight is 259 g/mol. The quantitative estimate of drug-likeness (QED) is 0.535. The molecule has 0 aliphatic heterocycles. The summed E-state index contributed by atoms with van der Waals surface area (Å²) in [7, 11) is 0. The van der Waals surface area contributed by atoms with Crippen molar-refractivity contribution in [3.05, 3.63) is 24.5 Å². The van der Waals surface area contributed by atoms with E-state index in [1.54, 1.807) is 0 Å². The van der Waals surface area contributed by atoms with Crippen LogP contribution in [-0.2, 0) is 4.79 Å². The van der Waals surface area contributed by atoms with Crippen LogP contribution in [0.1, 0.15) is 19.3 Å². The first-order chi connectivity index (χ1) is 9.16. The first-order valence-electron chi connectivity index (χ1n) is 6.19. The highest BCUT2D eigenvalue weighted by Crippen LogP contribution is 2.21. The van der Waals surface area contributed by atoms with Gasteiger partial charge in [0.15, 0.2) is 0 Å². The summed E-state index contributed by atoms with van der Waals surface area (Å²) in [6, 6.07) is 5.54. The fourth-order valence-corrected chi connectivity index (χ4v) is 1.85. The summed E-state index contributed by atoms with van der Waals surface area (Å²) in [5, 5.41) is 4.17. The van der Waals surface area contributed by atoms with Gasteiger partial charge in [0.25, 0.3) is 0 Å². The number of anilines is 2. The third-order valence-electron chi connectivity index (χ3n) is 2.80. The van der Waals surface area contributed by atoms with Crippen molar-refractivity contribution in [1.29, 1.82) is 0 Å². The lowest BCUT2D eigenvalue weighted by atomic mass is 10.2. The maximum atomic E-state index is 10.6. The molecule has 6 nitrogen and oxygen atoms in total. The van der Waals surface area contributed by atoms with Crippen LogP contribution in [0.5, 0.6) is 0 Å². The van der Waals surface area contributed by atoms with Gasteiger partial charge < -0.3 is 16.8 Å². The highest BCUT2D eigenvalue weighted by molar-refractivity contribution is 5.90. The number of unbranched alkanes of at least 4 members (excludes halogenated alkanes) is 1. The molecule has 0 aliphatic carbocycles. The van der Waals surface area contributed by atoms with E-state index >= 15 is 0 Å². The van der Waals surface area contributed by atoms with Gasteiger partial charge in [-0.25, -0.2) is 9.97 Å². The van der Waals surface area contributed by atoms with Gasteiger partial charge in [-0.15, -0.1) is 0 Å². The molecule has 2 rings (SSSR count). The van der Waals surface area contributed by atoms with E-state index in [4.69, 9.17) is 11.5 Å². The molecule has 0 bridgehead atoms. The van der Waals surface area contributed by atoms with Crippen molar-refractivity contribution in [3.63, 3.8) is 0 Å². The van der Waals surface area contributed by atoms with E-state index in [1.807, 2.05) is 18.2 Å². The molecule has 0 aliphatic rings. The second-order valence-corrected chi connectivity index (χ2v) is 4.35. The minimum Gasteiger partial charge on any atom is -0.399 e. The molecule has 0 fully saturated rings. The molecule has 0 spiro atoms. The number of nitrogens with two attached hydrogens (primary N) is 2. The van der Waals surface area contributed by atoms with Crippen LogP contribution in [0, 0.1) is 0 Å². The monoisotopic (exact) mass is 259 g/mol. The summed E-state index contributed by atoms with van der Waals surface area (Å²) >= 11 is 0. The van der Waals surface area contributed by atoms with E-state index in [0.29, 0.717) is 12.1 Å². The minimum atomic E-state index is -0.261. The number of rotatable bonds is 6. The number of aromatic nitrogens is 2. The maximum absolute atomic E-state index is 10.6. The minimum absolute atomic E-state index is 0.261. The van der Waals surface area contributed by atoms with Crippen LogP contribution in [0.15, 0.2) is 24.5 Å². The summed E-state index contributed by atoms with van der Waals surface area (Å²) < 4.78 is 0. The molecule has 6 heteroatoms. The number of nitrogens with one attached hydrogen (secondary N) is 1. The first kappa shape index (κ1) is 13.1. The van der Waals surface area contributed by atoms with Gasteiger partial charge in [0.2, 0.25) is 5.91 Å². The molecule has 1 aromatic heterocycles. The molecule has 0 saturated carbocycles. The van der Waals surface area contributed by atoms with E-state index in [9.17, 15) is 4.79 Å². The lowest BCUT2D eigenvalue weighted by Crippen LogP contribution is -2.11. The summed E-state index contributed by atoms with van der Waals surface area (Å²) in [5.41, 5.74) is 12.3. The molecular formula is C13H17N5O. The summed E-state index contributed by atoms with van der Waals surface area (Å²) in [4.78, 5) is 19.0. The van der Waals surface area contributed by atoms with Crippen LogP contribution >= 0.6 is 0 Å². The highest BCUT2D eigenvalue weighted by Gasteiger charge is 2.03. The zero-order chi connectivity index (χ0) is 13.7. The van der Waals surface area contributed by atoms with Gasteiger partial charge in [-0.1, -0.05) is 0 Å². The first-order valence-corrected chi connectivity index (χ1v) is 6.19. The normalized spacial score (nSPS) is 10.5. The van der Waals surface area contributed by atoms with E-state index in [-0.39, 0.29) is 5.91 Å². The topological polar surface area (TPSA) is 107 Å². The standard InChI is InChI=1S/C13H17N5O/c14-9-4-5-10-11(7-9)17-8-18-13(10)16-6-2-1-3-12(15)19/h4-5,7-8H,1-3,6,14H2,(H2,15,19)(H,16,17,18). The molecule has 19 heavy (non-hydrogen) atoms. The van der Waals surface area contributed by atoms with Gasteiger partial charge in [-0.3, -0.25) is 4.79 Å². The molecule has 1 amide bonds. The van der Waals surface area contributed by atoms with Gasteiger partial charge in [0.05, 0.1) is 5.52 Å². The van der Waals surface area contributed by atoms with Crippen molar-refractivity contribution in [2.24, 2.45) is 5.73 Å². The Morgan fingerprint density at radius 1 is 1.26 bits per heavy atom. The number of primary amides is 1. The van der Waals surface area contributed by atoms with Crippen LogP contribution in [0.4, 0.5) is 11.5 Å². The smallest absolute Gasteiger partial charge is 0.217 e. The summed E-state index contributed by atoms with van der Waals surface area (Å²) in [5.74, 6) is 0.520. The fraction of sp³-hybridized carbons (Fsp3) is 0.308. The maximum Gasteiger partial charge on any atom is 0.217 e. The van der Waals surface area contributed by atoms with Gasteiger partial charge in [-0.2, -0.15) is 0 Å². The van der Waals surface area contributed by atoms with Crippen LogP contribution in [0.2, 0.25) is 0 Å². The van der Waals surface area contributed by atoms with Crippen LogP contribution < -0.4 is 16.8 Å². The summed E-state index contributed by atoms with van der Waals surface area (Å²) in [6.07, 6.45) is 3.57. The van der Waals surface area contributed by atoms with Crippen LogP contribution in [-0.4, -0.2) is 22.4 Å². The fourth-order valence-electron chi connectivity index (χ4n) is 1.85. The Morgan fingerprint density at radius 2 is 2.11 bits per heavy atom. The Balaban J connectivity index is 1.99. The third-order valence-corrected chi connectivity index (χ3v) is 2.80. The number of hydrogen-bond donors (Lipinski definition) is 3. The van der Waals surface area contributed by atoms with Gasteiger partial charge in [-0.05, 0) is 31.0 Å². The molecule has 100 valence electrons. The molecule has 0 radical (unpaired) electrons. The summed E-state index contributed by atoms with van der Waals surface area (Å²) in [6.45, 7) is 0.740. The van der Waals surface area contributed by atoms with E-state index < -0.39 is 0 Å². The lowest BCUT2D eigenvalue weighted by molar-refractivity contribution is -0.118. The molecule has 5 N–H and O–H groups in total. The molecular weight excluding hydrogens is 242 g/mol. The van der Waals surface area contributed by atoms with Crippen molar-refractivity contribution in [1.82, 2.24) is 9.97 Å². The van der Waals surface area contributed by atoms with Crippen molar-refractivity contribution in [3.8, 4) is 0 Å². The molecule has 1 heterocycles. The number of hydrogen-bond acceptors (Lipinski definition) is 5. The second kappa shape index (κ2) is 5.99. The number of fused-ring (bicyclic) bond motifs is 1. The van der Waals surface area contributed by atoms with Crippen molar-refractivity contribution >= 4 is 28.3 Å². The van der Waals surface area contributed by atoms with E-state index in [0.717, 1.165) is 36.1 Å². The zero-order valence-electron chi connectivity index (χ0n) is 10.6. The molecule has 0 atom stereocenters. The van der Waals surface area contributed by atoms with Crippen molar-refractivity contribution < 1.29 is 4.79 Å². The highest BCUT2D eigenvalue weighted by atomic mass is 16.1. The largest absolute Gasteiger partial charge is 0.399 e. The Morgan fingerprint density at radius 3 is 2.89 bits per heavy atom. The molecule has 0 saturated heterocycles. The number of amides is 1. The Labute approximate surface area is 111 Å². The molecule has 2 aromatic rings. The number of nitrogen functional groups attached to an aromatic ring is 1. The van der Waals surface area contributed by atoms with Crippen molar-refractivity contribution in [2.45, 2.75) is 19.3 Å². The Bertz CT molecular complexity index is 584. The zero-order valence-corrected chi connectivity index (χ0v) is 10.6. The van der Waals surface area contributed by atoms with E-state index in [2.05, 4.69) is 15.3 Å². The molecule has 0 unspecified atom stereocenters. The lowest BCUT2D eigenvalue weighted by Gasteiger charge is -2.08. The second-order valence-electron chi connectivity index (χ2n) is 4.35.